The van der Waals surface area contributed by atoms with Gasteiger partial charge in [-0.25, -0.2) is 0 Å². The third kappa shape index (κ3) is 5.33. The van der Waals surface area contributed by atoms with Crippen LogP contribution in [0.1, 0.15) is 32.6 Å². The average Bonchev–Trinajstić information content (AvgIpc) is 2.47. The zero-order valence-corrected chi connectivity index (χ0v) is 13.8. The maximum absolute atomic E-state index is 10.0. The van der Waals surface area contributed by atoms with E-state index in [0.29, 0.717) is 34.3 Å². The maximum atomic E-state index is 10.0. The molecular weight excluding hydrogens is 309 g/mol. The Hall–Kier alpha value is -0.480. The zero-order chi connectivity index (χ0) is 15.2. The molecule has 1 aliphatic rings. The number of hydrogen-bond donors (Lipinski definition) is 2. The minimum absolute atomic E-state index is 0.242. The Morgan fingerprint density at radius 2 is 2.05 bits per heavy atom. The fourth-order valence-electron chi connectivity index (χ4n) is 2.72. The number of rotatable bonds is 6. The van der Waals surface area contributed by atoms with E-state index in [-0.39, 0.29) is 6.61 Å². The van der Waals surface area contributed by atoms with E-state index in [4.69, 9.17) is 27.9 Å². The molecule has 2 N–H and O–H groups in total. The van der Waals surface area contributed by atoms with Gasteiger partial charge in [0.25, 0.3) is 0 Å². The third-order valence-corrected chi connectivity index (χ3v) is 4.80. The van der Waals surface area contributed by atoms with Crippen molar-refractivity contribution in [2.45, 2.75) is 44.8 Å². The van der Waals surface area contributed by atoms with Gasteiger partial charge in [-0.2, -0.15) is 0 Å². The van der Waals surface area contributed by atoms with Crippen LogP contribution in [-0.2, 0) is 0 Å². The van der Waals surface area contributed by atoms with E-state index >= 15 is 0 Å². The van der Waals surface area contributed by atoms with Crippen molar-refractivity contribution in [3.8, 4) is 5.75 Å². The minimum Gasteiger partial charge on any atom is -0.491 e. The van der Waals surface area contributed by atoms with Gasteiger partial charge in [-0.3, -0.25) is 0 Å². The van der Waals surface area contributed by atoms with Gasteiger partial charge in [0, 0.05) is 18.7 Å². The van der Waals surface area contributed by atoms with Gasteiger partial charge in [0.1, 0.15) is 18.5 Å². The van der Waals surface area contributed by atoms with E-state index in [1.807, 2.05) is 0 Å². The summed E-state index contributed by atoms with van der Waals surface area (Å²) in [7, 11) is 0. The molecule has 1 aromatic carbocycles. The van der Waals surface area contributed by atoms with Crippen LogP contribution in [0.15, 0.2) is 18.2 Å². The first-order chi connectivity index (χ1) is 10.1. The quantitative estimate of drug-likeness (QED) is 0.830. The molecule has 118 valence electrons. The molecule has 3 atom stereocenters. The van der Waals surface area contributed by atoms with E-state index in [1.165, 1.54) is 25.7 Å². The van der Waals surface area contributed by atoms with E-state index in [9.17, 15) is 5.11 Å². The van der Waals surface area contributed by atoms with Crippen molar-refractivity contribution in [1.82, 2.24) is 5.32 Å². The summed E-state index contributed by atoms with van der Waals surface area (Å²) in [5.74, 6) is 1.30. The molecule has 3 nitrogen and oxygen atoms in total. The minimum atomic E-state index is -0.534. The molecule has 0 spiro atoms. The fourth-order valence-corrected chi connectivity index (χ4v) is 3.01. The molecule has 0 bridgehead atoms. The lowest BCUT2D eigenvalue weighted by Crippen LogP contribution is -2.42. The largest absolute Gasteiger partial charge is 0.491 e. The molecule has 0 heterocycles. The fraction of sp³-hybridized carbons (Fsp3) is 0.625. The highest BCUT2D eigenvalue weighted by Crippen LogP contribution is 2.26. The number of halogens is 2. The van der Waals surface area contributed by atoms with Gasteiger partial charge < -0.3 is 15.2 Å². The van der Waals surface area contributed by atoms with Gasteiger partial charge in [-0.05, 0) is 30.9 Å². The molecule has 1 aromatic rings. The lowest BCUT2D eigenvalue weighted by molar-refractivity contribution is 0.0985. The lowest BCUT2D eigenvalue weighted by Gasteiger charge is -2.30. The van der Waals surface area contributed by atoms with Crippen molar-refractivity contribution in [1.29, 1.82) is 0 Å². The van der Waals surface area contributed by atoms with Crippen molar-refractivity contribution in [2.24, 2.45) is 5.92 Å². The monoisotopic (exact) mass is 331 g/mol. The van der Waals surface area contributed by atoms with Crippen molar-refractivity contribution in [2.75, 3.05) is 13.2 Å². The summed E-state index contributed by atoms with van der Waals surface area (Å²) in [5.41, 5.74) is 0. The van der Waals surface area contributed by atoms with Gasteiger partial charge >= 0.3 is 0 Å². The predicted octanol–water partition coefficient (Wildman–Crippen LogP) is 3.90. The van der Waals surface area contributed by atoms with Crippen LogP contribution in [-0.4, -0.2) is 30.4 Å². The van der Waals surface area contributed by atoms with E-state index in [1.54, 1.807) is 18.2 Å². The van der Waals surface area contributed by atoms with Crippen LogP contribution in [0.3, 0.4) is 0 Å². The molecule has 1 saturated carbocycles. The van der Waals surface area contributed by atoms with Crippen LogP contribution in [0.2, 0.25) is 10.0 Å². The van der Waals surface area contributed by atoms with E-state index in [0.717, 1.165) is 0 Å². The molecule has 3 unspecified atom stereocenters. The van der Waals surface area contributed by atoms with Gasteiger partial charge in [-0.1, -0.05) is 43.0 Å². The lowest BCUT2D eigenvalue weighted by atomic mass is 9.86. The summed E-state index contributed by atoms with van der Waals surface area (Å²) in [5, 5.41) is 14.4. The first-order valence-electron chi connectivity index (χ1n) is 7.55. The second kappa shape index (κ2) is 8.23. The summed E-state index contributed by atoms with van der Waals surface area (Å²) in [6, 6.07) is 5.61. The smallest absolute Gasteiger partial charge is 0.121 e. The summed E-state index contributed by atoms with van der Waals surface area (Å²) in [6.45, 7) is 3.07. The van der Waals surface area contributed by atoms with Crippen molar-refractivity contribution in [3.05, 3.63) is 28.2 Å². The Kier molecular flexibility index (Phi) is 6.62. The second-order valence-corrected chi connectivity index (χ2v) is 6.63. The standard InChI is InChI=1S/C16H23Cl2NO2/c1-11-4-2-3-5-16(11)19-9-12(20)10-21-13-6-7-14(17)15(18)8-13/h6-8,11-12,16,19-20H,2-5,9-10H2,1H3. The molecule has 1 fully saturated rings. The van der Waals surface area contributed by atoms with E-state index < -0.39 is 6.10 Å². The van der Waals surface area contributed by atoms with Gasteiger partial charge in [0.05, 0.1) is 10.0 Å². The summed E-state index contributed by atoms with van der Waals surface area (Å²) in [6.07, 6.45) is 4.53. The average molecular weight is 332 g/mol. The van der Waals surface area contributed by atoms with Gasteiger partial charge in [0.15, 0.2) is 0 Å². The Bertz CT molecular complexity index is 456. The molecular formula is C16H23Cl2NO2. The molecule has 2 rings (SSSR count). The molecule has 0 saturated heterocycles. The summed E-state index contributed by atoms with van der Waals surface area (Å²) < 4.78 is 5.54. The third-order valence-electron chi connectivity index (χ3n) is 4.06. The summed E-state index contributed by atoms with van der Waals surface area (Å²) in [4.78, 5) is 0. The Morgan fingerprint density at radius 1 is 1.29 bits per heavy atom. The predicted molar refractivity (Wildman–Crippen MR) is 87.4 cm³/mol. The van der Waals surface area contributed by atoms with Crippen LogP contribution >= 0.6 is 23.2 Å². The Balaban J connectivity index is 1.71. The molecule has 1 aliphatic carbocycles. The molecule has 5 heteroatoms. The molecule has 0 radical (unpaired) electrons. The van der Waals surface area contributed by atoms with Gasteiger partial charge in [0.2, 0.25) is 0 Å². The number of ether oxygens (including phenoxy) is 1. The maximum Gasteiger partial charge on any atom is 0.121 e. The first-order valence-corrected chi connectivity index (χ1v) is 8.31. The van der Waals surface area contributed by atoms with Crippen molar-refractivity contribution < 1.29 is 9.84 Å². The Morgan fingerprint density at radius 3 is 2.76 bits per heavy atom. The van der Waals surface area contributed by atoms with E-state index in [2.05, 4.69) is 12.2 Å². The Labute approximate surface area is 136 Å². The van der Waals surface area contributed by atoms with Crippen molar-refractivity contribution >= 4 is 23.2 Å². The van der Waals surface area contributed by atoms with Crippen molar-refractivity contribution in [3.63, 3.8) is 0 Å². The molecule has 21 heavy (non-hydrogen) atoms. The van der Waals surface area contributed by atoms with Crippen LogP contribution in [0, 0.1) is 5.92 Å². The number of aliphatic hydroxyl groups is 1. The molecule has 0 aliphatic heterocycles. The first kappa shape index (κ1) is 16.9. The van der Waals surface area contributed by atoms with Crippen LogP contribution in [0.4, 0.5) is 0 Å². The highest BCUT2D eigenvalue weighted by molar-refractivity contribution is 6.42. The highest BCUT2D eigenvalue weighted by Gasteiger charge is 2.21. The zero-order valence-electron chi connectivity index (χ0n) is 12.3. The SMILES string of the molecule is CC1CCCCC1NCC(O)COc1ccc(Cl)c(Cl)c1. The molecule has 0 aromatic heterocycles. The topological polar surface area (TPSA) is 41.5 Å². The number of nitrogens with one attached hydrogen (secondary N) is 1. The summed E-state index contributed by atoms with van der Waals surface area (Å²) >= 11 is 11.8. The second-order valence-electron chi connectivity index (χ2n) is 5.82. The molecule has 0 amide bonds. The normalized spacial score (nSPS) is 23.8. The van der Waals surface area contributed by atoms with Crippen LogP contribution in [0.25, 0.3) is 0 Å². The van der Waals surface area contributed by atoms with Crippen LogP contribution in [0.5, 0.6) is 5.75 Å². The van der Waals surface area contributed by atoms with Gasteiger partial charge in [-0.15, -0.1) is 0 Å². The number of benzene rings is 1. The highest BCUT2D eigenvalue weighted by atomic mass is 35.5. The van der Waals surface area contributed by atoms with Crippen LogP contribution < -0.4 is 10.1 Å². The number of hydrogen-bond acceptors (Lipinski definition) is 3. The number of aliphatic hydroxyl groups excluding tert-OH is 1.